The van der Waals surface area contributed by atoms with Gasteiger partial charge in [0.1, 0.15) is 18.9 Å². The molecule has 2 amide bonds. The fraction of sp³-hybridized carbons (Fsp3) is 0.316. The van der Waals surface area contributed by atoms with Gasteiger partial charge >= 0.3 is 0 Å². The molecule has 2 aromatic rings. The van der Waals surface area contributed by atoms with E-state index < -0.39 is 0 Å². The second-order valence-corrected chi connectivity index (χ2v) is 6.34. The summed E-state index contributed by atoms with van der Waals surface area (Å²) in [5.74, 6) is 1.00. The highest BCUT2D eigenvalue weighted by Gasteiger charge is 2.18. The van der Waals surface area contributed by atoms with Gasteiger partial charge < -0.3 is 24.6 Å². The zero-order valence-electron chi connectivity index (χ0n) is 14.8. The lowest BCUT2D eigenvalue weighted by Gasteiger charge is -2.34. The first-order valence-corrected chi connectivity index (χ1v) is 8.84. The zero-order chi connectivity index (χ0) is 18.6. The predicted molar refractivity (Wildman–Crippen MR) is 99.5 cm³/mol. The third-order valence-corrected chi connectivity index (χ3v) is 4.60. The van der Waals surface area contributed by atoms with Crippen molar-refractivity contribution in [3.05, 3.63) is 42.2 Å². The third-order valence-electron chi connectivity index (χ3n) is 4.60. The summed E-state index contributed by atoms with van der Waals surface area (Å²) >= 11 is 0. The van der Waals surface area contributed by atoms with Gasteiger partial charge in [0, 0.05) is 49.8 Å². The Morgan fingerprint density at radius 3 is 2.59 bits per heavy atom. The van der Waals surface area contributed by atoms with E-state index in [0.29, 0.717) is 49.2 Å². The molecule has 4 rings (SSSR count). The van der Waals surface area contributed by atoms with Crippen molar-refractivity contribution in [3.63, 3.8) is 0 Å². The lowest BCUT2D eigenvalue weighted by Crippen LogP contribution is -2.45. The van der Waals surface area contributed by atoms with E-state index in [-0.39, 0.29) is 5.91 Å². The van der Waals surface area contributed by atoms with E-state index in [1.54, 1.807) is 35.4 Å². The standard InChI is InChI=1S/C19H20N4O4/c24-13-22-5-7-23(8-6-22)15-3-4-20-16(12-15)19(25)21-14-1-2-17-18(11-14)27-10-9-26-17/h1-4,11-13H,5-10H2,(H,21,25). The van der Waals surface area contributed by atoms with Crippen LogP contribution in [-0.4, -0.2) is 61.6 Å². The Kier molecular flexibility index (Phi) is 4.78. The number of nitrogens with zero attached hydrogens (tertiary/aromatic N) is 3. The molecule has 0 saturated carbocycles. The fourth-order valence-corrected chi connectivity index (χ4v) is 3.14. The van der Waals surface area contributed by atoms with Crippen molar-refractivity contribution in [1.82, 2.24) is 9.88 Å². The van der Waals surface area contributed by atoms with Gasteiger partial charge in [0.25, 0.3) is 5.91 Å². The molecule has 0 aliphatic carbocycles. The maximum Gasteiger partial charge on any atom is 0.274 e. The largest absolute Gasteiger partial charge is 0.486 e. The molecule has 1 aromatic carbocycles. The minimum atomic E-state index is -0.292. The average molecular weight is 368 g/mol. The van der Waals surface area contributed by atoms with Crippen LogP contribution in [0.1, 0.15) is 10.5 Å². The SMILES string of the molecule is O=CN1CCN(c2ccnc(C(=O)Nc3ccc4c(c3)OCCO4)c2)CC1. The molecule has 2 aliphatic rings. The van der Waals surface area contributed by atoms with Crippen LogP contribution >= 0.6 is 0 Å². The monoisotopic (exact) mass is 368 g/mol. The highest BCUT2D eigenvalue weighted by molar-refractivity contribution is 6.03. The zero-order valence-corrected chi connectivity index (χ0v) is 14.8. The minimum Gasteiger partial charge on any atom is -0.486 e. The second kappa shape index (κ2) is 7.53. The summed E-state index contributed by atoms with van der Waals surface area (Å²) in [6.45, 7) is 3.81. The van der Waals surface area contributed by atoms with E-state index in [0.717, 1.165) is 25.2 Å². The van der Waals surface area contributed by atoms with Crippen LogP contribution in [0.25, 0.3) is 0 Å². The molecule has 0 unspecified atom stereocenters. The number of aromatic nitrogens is 1. The molecule has 8 nitrogen and oxygen atoms in total. The lowest BCUT2D eigenvalue weighted by molar-refractivity contribution is -0.118. The molecule has 8 heteroatoms. The number of carbonyl (C=O) groups is 2. The van der Waals surface area contributed by atoms with Crippen LogP contribution in [0.4, 0.5) is 11.4 Å². The highest BCUT2D eigenvalue weighted by atomic mass is 16.6. The van der Waals surface area contributed by atoms with Crippen LogP contribution in [0, 0.1) is 0 Å². The molecular weight excluding hydrogens is 348 g/mol. The van der Waals surface area contributed by atoms with Gasteiger partial charge in [-0.3, -0.25) is 14.6 Å². The first-order chi connectivity index (χ1) is 13.2. The van der Waals surface area contributed by atoms with Crippen LogP contribution < -0.4 is 19.7 Å². The Morgan fingerprint density at radius 2 is 1.81 bits per heavy atom. The van der Waals surface area contributed by atoms with Gasteiger partial charge in [-0.2, -0.15) is 0 Å². The predicted octanol–water partition coefficient (Wildman–Crippen LogP) is 1.38. The maximum absolute atomic E-state index is 12.6. The lowest BCUT2D eigenvalue weighted by atomic mass is 10.2. The first-order valence-electron chi connectivity index (χ1n) is 8.84. The molecule has 1 aromatic heterocycles. The molecule has 3 heterocycles. The second-order valence-electron chi connectivity index (χ2n) is 6.34. The molecule has 0 radical (unpaired) electrons. The molecule has 1 fully saturated rings. The minimum absolute atomic E-state index is 0.292. The molecule has 0 spiro atoms. The number of benzene rings is 1. The van der Waals surface area contributed by atoms with E-state index >= 15 is 0 Å². The van der Waals surface area contributed by atoms with Crippen LogP contribution in [0.15, 0.2) is 36.5 Å². The molecule has 2 aliphatic heterocycles. The van der Waals surface area contributed by atoms with Crippen LogP contribution in [0.3, 0.4) is 0 Å². The normalized spacial score (nSPS) is 16.0. The summed E-state index contributed by atoms with van der Waals surface area (Å²) < 4.78 is 11.0. The summed E-state index contributed by atoms with van der Waals surface area (Å²) in [6.07, 6.45) is 2.50. The summed E-state index contributed by atoms with van der Waals surface area (Å²) in [6, 6.07) is 8.94. The number of fused-ring (bicyclic) bond motifs is 1. The van der Waals surface area contributed by atoms with Gasteiger partial charge in [-0.05, 0) is 24.3 Å². The van der Waals surface area contributed by atoms with Crippen molar-refractivity contribution in [2.24, 2.45) is 0 Å². The van der Waals surface area contributed by atoms with E-state index in [2.05, 4.69) is 15.2 Å². The van der Waals surface area contributed by atoms with Gasteiger partial charge in [0.2, 0.25) is 6.41 Å². The number of hydrogen-bond acceptors (Lipinski definition) is 6. The Hall–Kier alpha value is -3.29. The number of pyridine rings is 1. The number of rotatable bonds is 4. The van der Waals surface area contributed by atoms with Crippen molar-refractivity contribution in [3.8, 4) is 11.5 Å². The smallest absolute Gasteiger partial charge is 0.274 e. The summed E-state index contributed by atoms with van der Waals surface area (Å²) in [7, 11) is 0. The quantitative estimate of drug-likeness (QED) is 0.821. The number of piperazine rings is 1. The van der Waals surface area contributed by atoms with Crippen LogP contribution in [0.2, 0.25) is 0 Å². The van der Waals surface area contributed by atoms with Gasteiger partial charge in [-0.1, -0.05) is 0 Å². The van der Waals surface area contributed by atoms with Crippen molar-refractivity contribution in [2.75, 3.05) is 49.6 Å². The van der Waals surface area contributed by atoms with Crippen LogP contribution in [0.5, 0.6) is 11.5 Å². The average Bonchev–Trinajstić information content (AvgIpc) is 2.74. The van der Waals surface area contributed by atoms with Crippen molar-refractivity contribution < 1.29 is 19.1 Å². The molecule has 0 bridgehead atoms. The Balaban J connectivity index is 1.45. The van der Waals surface area contributed by atoms with E-state index in [1.807, 2.05) is 6.07 Å². The highest BCUT2D eigenvalue weighted by Crippen LogP contribution is 2.32. The van der Waals surface area contributed by atoms with Crippen molar-refractivity contribution in [2.45, 2.75) is 0 Å². The first kappa shape index (κ1) is 17.1. The number of carbonyl (C=O) groups excluding carboxylic acids is 2. The Morgan fingerprint density at radius 1 is 1.04 bits per heavy atom. The molecular formula is C19H20N4O4. The number of ether oxygens (including phenoxy) is 2. The Bertz CT molecular complexity index is 849. The molecule has 1 N–H and O–H groups in total. The topological polar surface area (TPSA) is 84.0 Å². The number of anilines is 2. The van der Waals surface area contributed by atoms with Crippen LogP contribution in [-0.2, 0) is 4.79 Å². The van der Waals surface area contributed by atoms with Crippen molar-refractivity contribution >= 4 is 23.7 Å². The summed E-state index contributed by atoms with van der Waals surface area (Å²) in [5, 5.41) is 2.84. The summed E-state index contributed by atoms with van der Waals surface area (Å²) in [4.78, 5) is 31.5. The Labute approximate surface area is 156 Å². The van der Waals surface area contributed by atoms with Gasteiger partial charge in [-0.25, -0.2) is 0 Å². The number of hydrogen-bond donors (Lipinski definition) is 1. The van der Waals surface area contributed by atoms with Crippen molar-refractivity contribution in [1.29, 1.82) is 0 Å². The fourth-order valence-electron chi connectivity index (χ4n) is 3.14. The summed E-state index contributed by atoms with van der Waals surface area (Å²) in [5.41, 5.74) is 1.87. The molecule has 140 valence electrons. The third kappa shape index (κ3) is 3.79. The molecule has 1 saturated heterocycles. The number of nitrogens with one attached hydrogen (secondary N) is 1. The maximum atomic E-state index is 12.6. The van der Waals surface area contributed by atoms with E-state index in [9.17, 15) is 9.59 Å². The van der Waals surface area contributed by atoms with Gasteiger partial charge in [0.05, 0.1) is 0 Å². The van der Waals surface area contributed by atoms with Gasteiger partial charge in [-0.15, -0.1) is 0 Å². The molecule has 0 atom stereocenters. The van der Waals surface area contributed by atoms with E-state index in [4.69, 9.17) is 9.47 Å². The number of amides is 2. The van der Waals surface area contributed by atoms with E-state index in [1.165, 1.54) is 0 Å². The van der Waals surface area contributed by atoms with Gasteiger partial charge in [0.15, 0.2) is 11.5 Å². The molecule has 27 heavy (non-hydrogen) atoms.